The van der Waals surface area contributed by atoms with E-state index < -0.39 is 0 Å². The Morgan fingerprint density at radius 1 is 0.233 bits per heavy atom. The van der Waals surface area contributed by atoms with Crippen molar-refractivity contribution < 1.29 is 0 Å². The first-order chi connectivity index (χ1) is 14.7. The highest BCUT2D eigenvalue weighted by atomic mass is 14.0. The fourth-order valence-corrected chi connectivity index (χ4v) is 0.750. The van der Waals surface area contributed by atoms with E-state index in [9.17, 15) is 0 Å². The Morgan fingerprint density at radius 2 is 0.267 bits per heavy atom. The van der Waals surface area contributed by atoms with Crippen molar-refractivity contribution in [1.29, 1.82) is 0 Å². The van der Waals surface area contributed by atoms with Gasteiger partial charge in [0.05, 0.1) is 0 Å². The van der Waals surface area contributed by atoms with E-state index in [1.54, 1.807) is 0 Å². The van der Waals surface area contributed by atoms with Crippen LogP contribution in [0.2, 0.25) is 0 Å². The number of hydrogen-bond donors (Lipinski definition) is 0. The largest absolute Gasteiger partial charge is 0.0683 e. The lowest BCUT2D eigenvalue weighted by Crippen LogP contribution is -1.85. The van der Waals surface area contributed by atoms with Gasteiger partial charge in [-0.2, -0.15) is 0 Å². The predicted octanol–water partition coefficient (Wildman–Crippen LogP) is 13.5. The van der Waals surface area contributed by atoms with Crippen LogP contribution in [0.4, 0.5) is 0 Å². The Bertz CT molecular complexity index is 69.4. The molecule has 0 saturated heterocycles. The van der Waals surface area contributed by atoms with E-state index in [2.05, 4.69) is 20.8 Å². The van der Waals surface area contributed by atoms with Crippen LogP contribution in [0.25, 0.3) is 0 Å². The summed E-state index contributed by atoms with van der Waals surface area (Å²) in [5, 5.41) is 0. The molecule has 3 fully saturated rings. The van der Waals surface area contributed by atoms with Gasteiger partial charge in [-0.05, 0) is 5.92 Å². The van der Waals surface area contributed by atoms with Crippen molar-refractivity contribution in [1.82, 2.24) is 0 Å². The molecule has 0 amide bonds. The lowest BCUT2D eigenvalue weighted by Gasteiger charge is -2.05. The molecule has 0 N–H and O–H groups in total. The lowest BCUT2D eigenvalue weighted by molar-refractivity contribution is 0.504. The van der Waals surface area contributed by atoms with E-state index in [0.717, 1.165) is 5.92 Å². The minimum Gasteiger partial charge on any atom is -0.0683 e. The zero-order valence-corrected chi connectivity index (χ0v) is 26.1. The van der Waals surface area contributed by atoms with E-state index >= 15 is 0 Å². The first-order valence-electron chi connectivity index (χ1n) is 14.7. The van der Waals surface area contributed by atoms with E-state index in [4.69, 9.17) is 0 Å². The average Bonchev–Trinajstić information content (AvgIpc) is 2.68. The SMILES string of the molecule is C1CCC1.C1CCC1.C1CCC1.CC.CC.CC.CC.CC.CC.CC.CC(C)C. The molecular formula is C30H76. The van der Waals surface area contributed by atoms with Crippen LogP contribution in [0.15, 0.2) is 0 Å². The summed E-state index contributed by atoms with van der Waals surface area (Å²) >= 11 is 0. The van der Waals surface area contributed by atoms with Crippen LogP contribution in [0.3, 0.4) is 0 Å². The smallest absolute Gasteiger partial charge is 0.0500 e. The second-order valence-corrected chi connectivity index (χ2v) is 5.97. The summed E-state index contributed by atoms with van der Waals surface area (Å²) in [6.45, 7) is 34.5. The minimum atomic E-state index is 0.833. The summed E-state index contributed by atoms with van der Waals surface area (Å²) in [5.41, 5.74) is 0. The minimum absolute atomic E-state index is 0.833. The van der Waals surface area contributed by atoms with Crippen LogP contribution < -0.4 is 0 Å². The molecule has 0 aromatic heterocycles. The molecule has 0 bridgehead atoms. The van der Waals surface area contributed by atoms with Crippen LogP contribution in [0.5, 0.6) is 0 Å². The first kappa shape index (κ1) is 52.1. The fraction of sp³-hybridized carbons (Fsp3) is 1.00. The topological polar surface area (TPSA) is 0 Å². The normalized spacial score (nSPS) is 12.2. The third-order valence-electron chi connectivity index (χ3n) is 3.00. The first-order valence-corrected chi connectivity index (χ1v) is 14.7. The van der Waals surface area contributed by atoms with Crippen LogP contribution >= 0.6 is 0 Å². The standard InChI is InChI=1S/3C4H8.C4H10.7C2H6/c3*1-2-4-3-1;1-4(2)3;7*1-2/h3*1-4H2;4H,1-3H3;7*1-2H3. The molecular weight excluding hydrogens is 360 g/mol. The van der Waals surface area contributed by atoms with Gasteiger partial charge in [-0.1, -0.05) is 195 Å². The number of rotatable bonds is 0. The van der Waals surface area contributed by atoms with Crippen molar-refractivity contribution in [3.8, 4) is 0 Å². The molecule has 0 nitrogen and oxygen atoms in total. The van der Waals surface area contributed by atoms with Gasteiger partial charge >= 0.3 is 0 Å². The zero-order valence-electron chi connectivity index (χ0n) is 26.1. The van der Waals surface area contributed by atoms with Gasteiger partial charge < -0.3 is 0 Å². The van der Waals surface area contributed by atoms with E-state index in [-0.39, 0.29) is 0 Å². The lowest BCUT2D eigenvalue weighted by atomic mass is 10.0. The molecule has 30 heavy (non-hydrogen) atoms. The quantitative estimate of drug-likeness (QED) is 0.354. The van der Waals surface area contributed by atoms with Crippen LogP contribution in [0, 0.1) is 5.92 Å². The number of hydrogen-bond acceptors (Lipinski definition) is 0. The van der Waals surface area contributed by atoms with Crippen molar-refractivity contribution in [2.75, 3.05) is 0 Å². The molecule has 3 aliphatic rings. The Balaban J connectivity index is -0.0000000303. The van der Waals surface area contributed by atoms with Crippen LogP contribution in [0.1, 0.15) is 195 Å². The van der Waals surface area contributed by atoms with Crippen molar-refractivity contribution in [3.63, 3.8) is 0 Å². The highest BCUT2D eigenvalue weighted by Gasteiger charge is 1.96. The molecule has 0 heteroatoms. The summed E-state index contributed by atoms with van der Waals surface area (Å²) < 4.78 is 0. The van der Waals surface area contributed by atoms with E-state index in [1.165, 1.54) is 77.0 Å². The second-order valence-electron chi connectivity index (χ2n) is 5.97. The maximum atomic E-state index is 2.17. The van der Waals surface area contributed by atoms with Crippen molar-refractivity contribution in [2.24, 2.45) is 5.92 Å². The van der Waals surface area contributed by atoms with Gasteiger partial charge in [-0.3, -0.25) is 0 Å². The van der Waals surface area contributed by atoms with E-state index in [0.29, 0.717) is 0 Å². The van der Waals surface area contributed by atoms with E-state index in [1.807, 2.05) is 96.9 Å². The monoisotopic (exact) mass is 437 g/mol. The predicted molar refractivity (Wildman–Crippen MR) is 155 cm³/mol. The van der Waals surface area contributed by atoms with Gasteiger partial charge in [0.1, 0.15) is 0 Å². The highest BCUT2D eigenvalue weighted by molar-refractivity contribution is 4.51. The molecule has 0 heterocycles. The van der Waals surface area contributed by atoms with Gasteiger partial charge in [0.15, 0.2) is 0 Å². The summed E-state index contributed by atoms with van der Waals surface area (Å²) in [7, 11) is 0. The Morgan fingerprint density at radius 3 is 0.267 bits per heavy atom. The second kappa shape index (κ2) is 101. The summed E-state index contributed by atoms with van der Waals surface area (Å²) in [6, 6.07) is 0. The van der Waals surface area contributed by atoms with Crippen LogP contribution in [-0.2, 0) is 0 Å². The van der Waals surface area contributed by atoms with Gasteiger partial charge in [0.2, 0.25) is 0 Å². The van der Waals surface area contributed by atoms with Gasteiger partial charge in [0, 0.05) is 0 Å². The molecule has 0 unspecified atom stereocenters. The molecule has 0 aromatic rings. The van der Waals surface area contributed by atoms with Gasteiger partial charge in [-0.15, -0.1) is 0 Å². The van der Waals surface area contributed by atoms with Crippen molar-refractivity contribution >= 4 is 0 Å². The third-order valence-corrected chi connectivity index (χ3v) is 3.00. The van der Waals surface area contributed by atoms with Crippen molar-refractivity contribution in [3.05, 3.63) is 0 Å². The Kier molecular flexibility index (Phi) is 176. The molecule has 196 valence electrons. The third kappa shape index (κ3) is 142. The molecule has 3 saturated carbocycles. The Labute approximate surface area is 200 Å². The fourth-order valence-electron chi connectivity index (χ4n) is 0.750. The zero-order chi connectivity index (χ0) is 26.1. The molecule has 0 spiro atoms. The Hall–Kier alpha value is 0. The molecule has 3 aliphatic carbocycles. The average molecular weight is 437 g/mol. The summed E-state index contributed by atoms with van der Waals surface area (Å²) in [6.07, 6.45) is 18.0. The molecule has 3 rings (SSSR count). The maximum absolute atomic E-state index is 2.17. The van der Waals surface area contributed by atoms with Gasteiger partial charge in [0.25, 0.3) is 0 Å². The van der Waals surface area contributed by atoms with Gasteiger partial charge in [-0.25, -0.2) is 0 Å². The maximum Gasteiger partial charge on any atom is -0.0500 e. The molecule has 0 aliphatic heterocycles. The summed E-state index contributed by atoms with van der Waals surface area (Å²) in [5.74, 6) is 0.833. The van der Waals surface area contributed by atoms with Crippen LogP contribution in [-0.4, -0.2) is 0 Å². The molecule has 0 atom stereocenters. The molecule has 0 aromatic carbocycles. The van der Waals surface area contributed by atoms with Crippen molar-refractivity contribution in [2.45, 2.75) is 195 Å². The summed E-state index contributed by atoms with van der Waals surface area (Å²) in [4.78, 5) is 0. The molecule has 0 radical (unpaired) electrons. The highest BCUT2D eigenvalue weighted by Crippen LogP contribution is 2.15.